The lowest BCUT2D eigenvalue weighted by Gasteiger charge is -2.22. The molecule has 0 unspecified atom stereocenters. The Bertz CT molecular complexity index is 1080. The largest absolute Gasteiger partial charge is 0.493 e. The average molecular weight is 508 g/mol. The molecule has 1 saturated carbocycles. The third-order valence-electron chi connectivity index (χ3n) is 6.87. The Hall–Kier alpha value is -3.11. The zero-order chi connectivity index (χ0) is 25.7. The van der Waals surface area contributed by atoms with Crippen LogP contribution in [0.2, 0.25) is 0 Å². The Morgan fingerprint density at radius 2 is 2.00 bits per heavy atom. The molecule has 2 N–H and O–H groups in total. The van der Waals surface area contributed by atoms with Crippen molar-refractivity contribution in [2.75, 3.05) is 13.2 Å². The third kappa shape index (κ3) is 6.17. The van der Waals surface area contributed by atoms with Gasteiger partial charge in [0.1, 0.15) is 11.8 Å². The van der Waals surface area contributed by atoms with E-state index in [1.54, 1.807) is 11.8 Å². The molecule has 2 heterocycles. The first-order valence-electron chi connectivity index (χ1n) is 12.6. The van der Waals surface area contributed by atoms with Gasteiger partial charge in [-0.15, -0.1) is 0 Å². The molecule has 1 aliphatic heterocycles. The minimum atomic E-state index is -4.60. The molecule has 11 heteroatoms. The van der Waals surface area contributed by atoms with Crippen molar-refractivity contribution in [1.82, 2.24) is 15.0 Å². The van der Waals surface area contributed by atoms with Gasteiger partial charge in [-0.3, -0.25) is 4.79 Å². The Morgan fingerprint density at radius 1 is 1.22 bits per heavy atom. The molecule has 1 saturated heterocycles. The number of rotatable bonds is 7. The maximum atomic E-state index is 13.8. The van der Waals surface area contributed by atoms with Gasteiger partial charge in [-0.2, -0.15) is 23.1 Å². The minimum Gasteiger partial charge on any atom is -0.493 e. The van der Waals surface area contributed by atoms with Crippen molar-refractivity contribution in [2.24, 2.45) is 16.6 Å². The molecule has 2 aliphatic rings. The first-order valence-corrected chi connectivity index (χ1v) is 12.6. The van der Waals surface area contributed by atoms with Gasteiger partial charge >= 0.3 is 6.18 Å². The SMILES string of the molecule is CCC(=O)N=C(N)N1CCC[C@H]1c1nc(-c2ccc(OCCC3CCCCC3)c(C(F)(F)F)c2)no1. The van der Waals surface area contributed by atoms with Crippen LogP contribution in [0.3, 0.4) is 0 Å². The van der Waals surface area contributed by atoms with Gasteiger partial charge in [-0.1, -0.05) is 44.2 Å². The fourth-order valence-corrected chi connectivity index (χ4v) is 4.88. The van der Waals surface area contributed by atoms with Gasteiger partial charge in [0.2, 0.25) is 17.6 Å². The molecular weight excluding hydrogens is 475 g/mol. The van der Waals surface area contributed by atoms with Gasteiger partial charge in [-0.05, 0) is 43.4 Å². The molecule has 36 heavy (non-hydrogen) atoms. The van der Waals surface area contributed by atoms with Crippen molar-refractivity contribution in [3.05, 3.63) is 29.7 Å². The fourth-order valence-electron chi connectivity index (χ4n) is 4.88. The number of aliphatic imine (C=N–C) groups is 1. The van der Waals surface area contributed by atoms with Crippen LogP contribution in [-0.2, 0) is 11.0 Å². The summed E-state index contributed by atoms with van der Waals surface area (Å²) in [4.78, 5) is 21.6. The number of likely N-dealkylation sites (tertiary alicyclic amines) is 1. The molecule has 0 radical (unpaired) electrons. The van der Waals surface area contributed by atoms with Crippen LogP contribution in [0.25, 0.3) is 11.4 Å². The van der Waals surface area contributed by atoms with E-state index < -0.39 is 17.8 Å². The second-order valence-electron chi connectivity index (χ2n) is 9.37. The number of hydrogen-bond donors (Lipinski definition) is 1. The van der Waals surface area contributed by atoms with Crippen molar-refractivity contribution in [3.8, 4) is 17.1 Å². The van der Waals surface area contributed by atoms with E-state index in [2.05, 4.69) is 15.1 Å². The molecule has 2 fully saturated rings. The van der Waals surface area contributed by atoms with Crippen LogP contribution >= 0.6 is 0 Å². The normalized spacial score (nSPS) is 19.6. The number of nitrogens with zero attached hydrogens (tertiary/aromatic N) is 4. The number of ether oxygens (including phenoxy) is 1. The quantitative estimate of drug-likeness (QED) is 0.390. The lowest BCUT2D eigenvalue weighted by Crippen LogP contribution is -2.37. The van der Waals surface area contributed by atoms with Crippen LogP contribution in [0.15, 0.2) is 27.7 Å². The van der Waals surface area contributed by atoms with Crippen molar-refractivity contribution >= 4 is 11.9 Å². The van der Waals surface area contributed by atoms with E-state index in [1.165, 1.54) is 31.4 Å². The average Bonchev–Trinajstić information content (AvgIpc) is 3.54. The van der Waals surface area contributed by atoms with E-state index >= 15 is 0 Å². The van der Waals surface area contributed by atoms with E-state index in [1.807, 2.05) is 0 Å². The number of halogens is 3. The standard InChI is InChI=1S/C25H32F3N5O3/c1-2-21(34)30-24(29)33-13-6-9-19(33)23-31-22(32-36-23)17-10-11-20(18(15-17)25(26,27)28)35-14-12-16-7-4-3-5-8-16/h10-11,15-16,19H,2-9,12-14H2,1H3,(H2,29,30,34)/t19-/m0/s1. The van der Waals surface area contributed by atoms with Gasteiger partial charge in [0, 0.05) is 18.5 Å². The third-order valence-corrected chi connectivity index (χ3v) is 6.87. The summed E-state index contributed by atoms with van der Waals surface area (Å²) in [5.74, 6) is 0.294. The monoisotopic (exact) mass is 507 g/mol. The summed E-state index contributed by atoms with van der Waals surface area (Å²) in [6.07, 6.45) is 3.59. The summed E-state index contributed by atoms with van der Waals surface area (Å²) in [7, 11) is 0. The fraction of sp³-hybridized carbons (Fsp3) is 0.600. The topological polar surface area (TPSA) is 107 Å². The molecule has 2 aromatic rings. The summed E-state index contributed by atoms with van der Waals surface area (Å²) in [5, 5.41) is 3.91. The number of carbonyl (C=O) groups excluding carboxylic acids is 1. The Balaban J connectivity index is 1.50. The van der Waals surface area contributed by atoms with Crippen molar-refractivity contribution in [1.29, 1.82) is 0 Å². The van der Waals surface area contributed by atoms with Crippen molar-refractivity contribution in [2.45, 2.75) is 76.9 Å². The Labute approximate surface area is 208 Å². The van der Waals surface area contributed by atoms with Crippen LogP contribution < -0.4 is 10.5 Å². The van der Waals surface area contributed by atoms with Gasteiger partial charge in [0.15, 0.2) is 5.96 Å². The first-order chi connectivity index (χ1) is 17.3. The summed E-state index contributed by atoms with van der Waals surface area (Å²) in [5.41, 5.74) is 5.30. The summed E-state index contributed by atoms with van der Waals surface area (Å²) < 4.78 is 52.5. The molecule has 4 rings (SSSR count). The lowest BCUT2D eigenvalue weighted by molar-refractivity contribution is -0.139. The predicted octanol–water partition coefficient (Wildman–Crippen LogP) is 5.49. The molecule has 1 amide bonds. The van der Waals surface area contributed by atoms with E-state index in [4.69, 9.17) is 15.0 Å². The second kappa shape index (κ2) is 11.3. The van der Waals surface area contributed by atoms with Gasteiger partial charge in [-0.25, -0.2) is 0 Å². The molecular formula is C25H32F3N5O3. The van der Waals surface area contributed by atoms with Crippen LogP contribution in [0.4, 0.5) is 13.2 Å². The zero-order valence-corrected chi connectivity index (χ0v) is 20.4. The summed E-state index contributed by atoms with van der Waals surface area (Å²) >= 11 is 0. The van der Waals surface area contributed by atoms with Gasteiger partial charge in [0.25, 0.3) is 0 Å². The molecule has 1 atom stereocenters. The molecule has 8 nitrogen and oxygen atoms in total. The summed E-state index contributed by atoms with van der Waals surface area (Å²) in [6.45, 7) is 2.49. The van der Waals surface area contributed by atoms with Crippen LogP contribution in [-0.4, -0.2) is 40.1 Å². The van der Waals surface area contributed by atoms with Crippen LogP contribution in [0.5, 0.6) is 5.75 Å². The number of hydrogen-bond acceptors (Lipinski definition) is 5. The number of aromatic nitrogens is 2. The number of alkyl halides is 3. The lowest BCUT2D eigenvalue weighted by atomic mass is 9.87. The molecule has 1 aliphatic carbocycles. The van der Waals surface area contributed by atoms with E-state index in [0.29, 0.717) is 18.9 Å². The van der Waals surface area contributed by atoms with Crippen molar-refractivity contribution in [3.63, 3.8) is 0 Å². The summed E-state index contributed by atoms with van der Waals surface area (Å²) in [6, 6.07) is 3.41. The number of guanidine groups is 1. The zero-order valence-electron chi connectivity index (χ0n) is 20.4. The molecule has 0 spiro atoms. The van der Waals surface area contributed by atoms with E-state index in [0.717, 1.165) is 31.7 Å². The molecule has 0 bridgehead atoms. The number of amides is 1. The van der Waals surface area contributed by atoms with E-state index in [9.17, 15) is 18.0 Å². The van der Waals surface area contributed by atoms with Crippen LogP contribution in [0, 0.1) is 5.92 Å². The molecule has 196 valence electrons. The van der Waals surface area contributed by atoms with Crippen molar-refractivity contribution < 1.29 is 27.2 Å². The molecule has 1 aromatic heterocycles. The van der Waals surface area contributed by atoms with Gasteiger partial charge < -0.3 is 19.9 Å². The van der Waals surface area contributed by atoms with Gasteiger partial charge in [0.05, 0.1) is 12.2 Å². The second-order valence-corrected chi connectivity index (χ2v) is 9.37. The van der Waals surface area contributed by atoms with Crippen LogP contribution in [0.1, 0.15) is 82.2 Å². The maximum absolute atomic E-state index is 13.8. The molecule has 1 aromatic carbocycles. The highest BCUT2D eigenvalue weighted by Crippen LogP contribution is 2.39. The smallest absolute Gasteiger partial charge is 0.419 e. The van der Waals surface area contributed by atoms with E-state index in [-0.39, 0.29) is 47.9 Å². The highest BCUT2D eigenvalue weighted by Gasteiger charge is 2.36. The highest BCUT2D eigenvalue weighted by atomic mass is 19.4. The minimum absolute atomic E-state index is 0.0382. The Morgan fingerprint density at radius 3 is 2.72 bits per heavy atom. The number of carbonyl (C=O) groups is 1. The number of benzene rings is 1. The highest BCUT2D eigenvalue weighted by molar-refractivity contribution is 5.92. The first kappa shape index (κ1) is 26.0. The maximum Gasteiger partial charge on any atom is 0.419 e. The number of nitrogens with two attached hydrogens (primary N) is 1. The Kier molecular flexibility index (Phi) is 8.15. The predicted molar refractivity (Wildman–Crippen MR) is 127 cm³/mol.